The van der Waals surface area contributed by atoms with Gasteiger partial charge in [0.15, 0.2) is 0 Å². The van der Waals surface area contributed by atoms with Crippen LogP contribution in [0.4, 0.5) is 10.1 Å². The zero-order valence-corrected chi connectivity index (χ0v) is 14.0. The van der Waals surface area contributed by atoms with E-state index in [2.05, 4.69) is 15.2 Å². The number of carbonyl (C=O) groups is 1. The van der Waals surface area contributed by atoms with Crippen LogP contribution in [-0.2, 0) is 11.3 Å². The Morgan fingerprint density at radius 2 is 1.96 bits per heavy atom. The Labute approximate surface area is 145 Å². The summed E-state index contributed by atoms with van der Waals surface area (Å²) < 4.78 is 12.9. The first kappa shape index (κ1) is 16.7. The third-order valence-electron chi connectivity index (χ3n) is 4.32. The van der Waals surface area contributed by atoms with Crippen LogP contribution >= 0.6 is 11.6 Å². The van der Waals surface area contributed by atoms with Gasteiger partial charge in [0.05, 0.1) is 0 Å². The van der Waals surface area contributed by atoms with Gasteiger partial charge >= 0.3 is 0 Å². The van der Waals surface area contributed by atoms with Gasteiger partial charge in [-0.3, -0.25) is 4.79 Å². The van der Waals surface area contributed by atoms with E-state index < -0.39 is 0 Å². The summed E-state index contributed by atoms with van der Waals surface area (Å²) in [5.74, 6) is -0.195. The molecule has 1 aromatic carbocycles. The van der Waals surface area contributed by atoms with E-state index in [-0.39, 0.29) is 17.6 Å². The van der Waals surface area contributed by atoms with Crippen LogP contribution < -0.4 is 10.2 Å². The molecule has 1 amide bonds. The number of pyridine rings is 1. The lowest BCUT2D eigenvalue weighted by Crippen LogP contribution is -2.40. The molecule has 1 N–H and O–H groups in total. The Hall–Kier alpha value is -2.14. The molecule has 6 heteroatoms. The summed E-state index contributed by atoms with van der Waals surface area (Å²) in [5, 5.41) is 3.42. The van der Waals surface area contributed by atoms with Gasteiger partial charge in [-0.25, -0.2) is 9.37 Å². The highest BCUT2D eigenvalue weighted by Gasteiger charge is 2.25. The van der Waals surface area contributed by atoms with Crippen LogP contribution in [0.15, 0.2) is 42.6 Å². The summed E-state index contributed by atoms with van der Waals surface area (Å²) in [7, 11) is 0. The first-order chi connectivity index (χ1) is 11.6. The van der Waals surface area contributed by atoms with Gasteiger partial charge in [0, 0.05) is 37.4 Å². The number of nitrogens with zero attached hydrogens (tertiary/aromatic N) is 2. The van der Waals surface area contributed by atoms with Crippen LogP contribution in [0.1, 0.15) is 18.4 Å². The fourth-order valence-electron chi connectivity index (χ4n) is 2.92. The zero-order chi connectivity index (χ0) is 16.9. The largest absolute Gasteiger partial charge is 0.371 e. The second kappa shape index (κ2) is 7.62. The van der Waals surface area contributed by atoms with Crippen molar-refractivity contribution in [3.05, 3.63) is 59.1 Å². The molecule has 1 aromatic heterocycles. The molecule has 2 heterocycles. The van der Waals surface area contributed by atoms with Crippen molar-refractivity contribution in [2.24, 2.45) is 5.92 Å². The van der Waals surface area contributed by atoms with E-state index in [9.17, 15) is 9.18 Å². The highest BCUT2D eigenvalue weighted by atomic mass is 35.5. The Bertz CT molecular complexity index is 700. The fraction of sp³-hybridized carbons (Fsp3) is 0.333. The van der Waals surface area contributed by atoms with E-state index in [1.807, 2.05) is 12.1 Å². The number of benzene rings is 1. The summed E-state index contributed by atoms with van der Waals surface area (Å²) in [6.07, 6.45) is 3.30. The third-order valence-corrected chi connectivity index (χ3v) is 4.53. The van der Waals surface area contributed by atoms with E-state index >= 15 is 0 Å². The van der Waals surface area contributed by atoms with Crippen molar-refractivity contribution in [2.75, 3.05) is 18.0 Å². The Morgan fingerprint density at radius 1 is 1.25 bits per heavy atom. The van der Waals surface area contributed by atoms with Crippen LogP contribution in [0, 0.1) is 11.7 Å². The number of amides is 1. The molecule has 1 saturated heterocycles. The van der Waals surface area contributed by atoms with Gasteiger partial charge in [0.25, 0.3) is 0 Å². The minimum Gasteiger partial charge on any atom is -0.371 e. The molecule has 0 atom stereocenters. The van der Waals surface area contributed by atoms with Crippen molar-refractivity contribution in [3.8, 4) is 0 Å². The molecule has 4 nitrogen and oxygen atoms in total. The maximum absolute atomic E-state index is 12.9. The number of anilines is 1. The van der Waals surface area contributed by atoms with Gasteiger partial charge in [-0.05, 0) is 42.7 Å². The molecule has 3 rings (SSSR count). The van der Waals surface area contributed by atoms with Crippen LogP contribution in [-0.4, -0.2) is 24.0 Å². The minimum atomic E-state index is -0.270. The van der Waals surface area contributed by atoms with E-state index in [1.165, 1.54) is 12.1 Å². The maximum Gasteiger partial charge on any atom is 0.223 e. The van der Waals surface area contributed by atoms with Crippen molar-refractivity contribution in [1.82, 2.24) is 10.3 Å². The number of halogens is 2. The molecule has 0 aliphatic carbocycles. The average molecular weight is 348 g/mol. The van der Waals surface area contributed by atoms with Gasteiger partial charge in [-0.1, -0.05) is 23.7 Å². The van der Waals surface area contributed by atoms with Gasteiger partial charge in [0.2, 0.25) is 5.91 Å². The molecular weight excluding hydrogens is 329 g/mol. The Kier molecular flexibility index (Phi) is 5.30. The number of hydrogen-bond donors (Lipinski definition) is 1. The van der Waals surface area contributed by atoms with E-state index in [4.69, 9.17) is 11.6 Å². The SMILES string of the molecule is O=C(NCc1ccc(F)cc1)C1CCN(c2ccnc(Cl)c2)CC1. The van der Waals surface area contributed by atoms with Crippen LogP contribution in [0.3, 0.4) is 0 Å². The normalized spacial score (nSPS) is 15.3. The topological polar surface area (TPSA) is 45.2 Å². The first-order valence-electron chi connectivity index (χ1n) is 8.00. The number of aromatic nitrogens is 1. The van der Waals surface area contributed by atoms with Gasteiger partial charge in [-0.2, -0.15) is 0 Å². The van der Waals surface area contributed by atoms with Crippen molar-refractivity contribution in [2.45, 2.75) is 19.4 Å². The number of rotatable bonds is 4. The molecule has 0 spiro atoms. The van der Waals surface area contributed by atoms with Crippen LogP contribution in [0.5, 0.6) is 0 Å². The molecule has 0 radical (unpaired) electrons. The summed E-state index contributed by atoms with van der Waals surface area (Å²) in [6, 6.07) is 9.95. The van der Waals surface area contributed by atoms with Crippen molar-refractivity contribution in [3.63, 3.8) is 0 Å². The molecule has 2 aromatic rings. The summed E-state index contributed by atoms with van der Waals surface area (Å²) >= 11 is 5.93. The average Bonchev–Trinajstić information content (AvgIpc) is 2.61. The van der Waals surface area contributed by atoms with E-state index in [0.717, 1.165) is 37.2 Å². The highest BCUT2D eigenvalue weighted by molar-refractivity contribution is 6.29. The summed E-state index contributed by atoms with van der Waals surface area (Å²) in [6.45, 7) is 2.06. The van der Waals surface area contributed by atoms with Gasteiger partial charge < -0.3 is 10.2 Å². The smallest absolute Gasteiger partial charge is 0.223 e. The van der Waals surface area contributed by atoms with E-state index in [1.54, 1.807) is 18.3 Å². The summed E-state index contributed by atoms with van der Waals surface area (Å²) in [4.78, 5) is 18.5. The molecule has 1 aliphatic heterocycles. The van der Waals surface area contributed by atoms with Crippen LogP contribution in [0.2, 0.25) is 5.15 Å². The predicted octanol–water partition coefficient (Wildman–Crippen LogP) is 3.41. The molecule has 0 saturated carbocycles. The van der Waals surface area contributed by atoms with Gasteiger partial charge in [-0.15, -0.1) is 0 Å². The summed E-state index contributed by atoms with van der Waals surface area (Å²) in [5.41, 5.74) is 1.94. The number of piperidine rings is 1. The van der Waals surface area contributed by atoms with E-state index in [0.29, 0.717) is 11.7 Å². The highest BCUT2D eigenvalue weighted by Crippen LogP contribution is 2.24. The van der Waals surface area contributed by atoms with Crippen LogP contribution in [0.25, 0.3) is 0 Å². The van der Waals surface area contributed by atoms with Crippen molar-refractivity contribution in [1.29, 1.82) is 0 Å². The molecule has 1 aliphatic rings. The minimum absolute atomic E-state index is 0.0130. The van der Waals surface area contributed by atoms with Crippen molar-refractivity contribution < 1.29 is 9.18 Å². The maximum atomic E-state index is 12.9. The molecule has 1 fully saturated rings. The molecular formula is C18H19ClFN3O. The lowest BCUT2D eigenvalue weighted by atomic mass is 9.95. The van der Waals surface area contributed by atoms with Crippen molar-refractivity contribution >= 4 is 23.2 Å². The molecule has 0 bridgehead atoms. The Morgan fingerprint density at radius 3 is 2.62 bits per heavy atom. The third kappa shape index (κ3) is 4.23. The number of hydrogen-bond acceptors (Lipinski definition) is 3. The Balaban J connectivity index is 1.49. The molecule has 126 valence electrons. The fourth-order valence-corrected chi connectivity index (χ4v) is 3.09. The predicted molar refractivity (Wildman–Crippen MR) is 92.4 cm³/mol. The second-order valence-electron chi connectivity index (χ2n) is 5.94. The lowest BCUT2D eigenvalue weighted by Gasteiger charge is -2.33. The second-order valence-corrected chi connectivity index (χ2v) is 6.33. The lowest BCUT2D eigenvalue weighted by molar-refractivity contribution is -0.125. The number of nitrogens with one attached hydrogen (secondary N) is 1. The standard InChI is InChI=1S/C18H19ClFN3O/c19-17-11-16(5-8-21-17)23-9-6-14(7-10-23)18(24)22-12-13-1-3-15(20)4-2-13/h1-5,8,11,14H,6-7,9-10,12H2,(H,22,24). The monoisotopic (exact) mass is 347 g/mol. The molecule has 0 unspecified atom stereocenters. The first-order valence-corrected chi connectivity index (χ1v) is 8.38. The zero-order valence-electron chi connectivity index (χ0n) is 13.2. The van der Waals surface area contributed by atoms with Gasteiger partial charge in [0.1, 0.15) is 11.0 Å². The molecule has 24 heavy (non-hydrogen) atoms. The number of carbonyl (C=O) groups excluding carboxylic acids is 1. The quantitative estimate of drug-likeness (QED) is 0.862.